The molecule has 0 aliphatic carbocycles. The average Bonchev–Trinajstić information content (AvgIpc) is 3.00. The lowest BCUT2D eigenvalue weighted by Crippen LogP contribution is -2.67. The number of rotatable bonds is 5. The van der Waals surface area contributed by atoms with Gasteiger partial charge in [-0.05, 0) is 28.9 Å². The highest BCUT2D eigenvalue weighted by Crippen LogP contribution is 2.38. The minimum atomic E-state index is -2.63. The molecule has 0 amide bonds. The number of carbonyl (C=O) groups is 1. The maximum absolute atomic E-state index is 11.6. The fourth-order valence-electron chi connectivity index (χ4n) is 4.27. The van der Waals surface area contributed by atoms with Crippen LogP contribution in [0.3, 0.4) is 0 Å². The van der Waals surface area contributed by atoms with Crippen molar-refractivity contribution in [1.29, 1.82) is 0 Å². The number of carboxylic acid groups (broad SMARTS) is 1. The molecule has 1 saturated heterocycles. The van der Waals surface area contributed by atoms with Gasteiger partial charge in [-0.1, -0.05) is 81.4 Å². The van der Waals surface area contributed by atoms with Gasteiger partial charge in [-0.15, -0.1) is 0 Å². The Hall–Kier alpha value is -1.95. The molecule has 144 valence electrons. The molecule has 1 heterocycles. The lowest BCUT2D eigenvalue weighted by molar-refractivity contribution is -0.141. The van der Waals surface area contributed by atoms with E-state index in [1.54, 1.807) is 0 Å². The molecular weight excluding hydrogens is 354 g/mol. The molecule has 0 saturated carbocycles. The van der Waals surface area contributed by atoms with Crippen molar-refractivity contribution in [3.05, 3.63) is 60.7 Å². The van der Waals surface area contributed by atoms with E-state index in [9.17, 15) is 9.90 Å². The SMILES string of the molecule is CN1CC(O[Si](c2ccccc2)(c2ccccc2)C(C)(C)C)CC1C(=O)O. The molecule has 1 N–H and O–H groups in total. The van der Waals surface area contributed by atoms with Crippen molar-refractivity contribution in [2.45, 2.75) is 44.4 Å². The lowest BCUT2D eigenvalue weighted by Gasteiger charge is -2.44. The summed E-state index contributed by atoms with van der Waals surface area (Å²) < 4.78 is 7.02. The summed E-state index contributed by atoms with van der Waals surface area (Å²) in [6.45, 7) is 7.37. The van der Waals surface area contributed by atoms with Gasteiger partial charge in [0.05, 0.1) is 6.10 Å². The molecule has 1 aliphatic heterocycles. The quantitative estimate of drug-likeness (QED) is 0.807. The molecule has 27 heavy (non-hydrogen) atoms. The molecule has 5 heteroatoms. The fraction of sp³-hybridized carbons (Fsp3) is 0.409. The van der Waals surface area contributed by atoms with Crippen molar-refractivity contribution in [3.8, 4) is 0 Å². The molecule has 0 aromatic heterocycles. The highest BCUT2D eigenvalue weighted by molar-refractivity contribution is 6.99. The monoisotopic (exact) mass is 383 g/mol. The Kier molecular flexibility index (Phi) is 5.56. The van der Waals surface area contributed by atoms with Gasteiger partial charge in [0.25, 0.3) is 8.32 Å². The Morgan fingerprint density at radius 3 is 1.89 bits per heavy atom. The van der Waals surface area contributed by atoms with Crippen molar-refractivity contribution in [2.24, 2.45) is 0 Å². The largest absolute Gasteiger partial charge is 0.480 e. The van der Waals surface area contributed by atoms with E-state index in [0.29, 0.717) is 13.0 Å². The predicted molar refractivity (Wildman–Crippen MR) is 111 cm³/mol. The van der Waals surface area contributed by atoms with E-state index in [0.717, 1.165) is 0 Å². The topological polar surface area (TPSA) is 49.8 Å². The van der Waals surface area contributed by atoms with Gasteiger partial charge >= 0.3 is 5.97 Å². The predicted octanol–water partition coefficient (Wildman–Crippen LogP) is 2.72. The first-order valence-electron chi connectivity index (χ1n) is 9.47. The van der Waals surface area contributed by atoms with E-state index in [4.69, 9.17) is 4.43 Å². The summed E-state index contributed by atoms with van der Waals surface area (Å²) in [5.41, 5.74) is 0. The summed E-state index contributed by atoms with van der Waals surface area (Å²) in [6.07, 6.45) is 0.429. The number of likely N-dealkylation sites (tertiary alicyclic amines) is 1. The van der Waals surface area contributed by atoms with Crippen molar-refractivity contribution in [3.63, 3.8) is 0 Å². The molecule has 0 bridgehead atoms. The van der Waals surface area contributed by atoms with Crippen LogP contribution in [0.2, 0.25) is 5.04 Å². The summed E-state index contributed by atoms with van der Waals surface area (Å²) in [5.74, 6) is -0.772. The maximum atomic E-state index is 11.6. The number of carboxylic acids is 1. The Morgan fingerprint density at radius 2 is 1.52 bits per heavy atom. The van der Waals surface area contributed by atoms with Gasteiger partial charge in [0, 0.05) is 6.54 Å². The smallest absolute Gasteiger partial charge is 0.321 e. The molecule has 1 aliphatic rings. The van der Waals surface area contributed by atoms with Crippen LogP contribution in [-0.4, -0.2) is 50.0 Å². The highest BCUT2D eigenvalue weighted by Gasteiger charge is 2.52. The van der Waals surface area contributed by atoms with E-state index in [2.05, 4.69) is 69.3 Å². The third-order valence-electron chi connectivity index (χ3n) is 5.56. The number of aliphatic carboxylic acids is 1. The number of nitrogens with zero attached hydrogens (tertiary/aromatic N) is 1. The van der Waals surface area contributed by atoms with E-state index >= 15 is 0 Å². The summed E-state index contributed by atoms with van der Waals surface area (Å²) in [4.78, 5) is 13.5. The second-order valence-electron chi connectivity index (χ2n) is 8.43. The van der Waals surface area contributed by atoms with Gasteiger partial charge < -0.3 is 9.53 Å². The van der Waals surface area contributed by atoms with Gasteiger partial charge in [0.1, 0.15) is 6.04 Å². The molecule has 2 aromatic rings. The number of likely N-dealkylation sites (N-methyl/N-ethyl adjacent to an activating group) is 1. The van der Waals surface area contributed by atoms with Crippen LogP contribution in [0, 0.1) is 0 Å². The number of hydrogen-bond acceptors (Lipinski definition) is 3. The van der Waals surface area contributed by atoms with Crippen LogP contribution in [0.15, 0.2) is 60.7 Å². The van der Waals surface area contributed by atoms with Gasteiger partial charge in [-0.2, -0.15) is 0 Å². The summed E-state index contributed by atoms with van der Waals surface area (Å²) in [5, 5.41) is 11.9. The van der Waals surface area contributed by atoms with E-state index in [-0.39, 0.29) is 11.1 Å². The van der Waals surface area contributed by atoms with Crippen LogP contribution >= 0.6 is 0 Å². The van der Waals surface area contributed by atoms with Gasteiger partial charge in [-0.25, -0.2) is 0 Å². The molecule has 0 spiro atoms. The van der Waals surface area contributed by atoms with Gasteiger partial charge in [0.2, 0.25) is 0 Å². The van der Waals surface area contributed by atoms with Crippen molar-refractivity contribution in [2.75, 3.05) is 13.6 Å². The molecule has 3 rings (SSSR count). The second-order valence-corrected chi connectivity index (χ2v) is 12.7. The first-order chi connectivity index (χ1) is 12.8. The zero-order valence-electron chi connectivity index (χ0n) is 16.6. The average molecular weight is 384 g/mol. The van der Waals surface area contributed by atoms with Crippen LogP contribution in [0.1, 0.15) is 27.2 Å². The number of benzene rings is 2. The molecule has 2 atom stereocenters. The molecule has 4 nitrogen and oxygen atoms in total. The van der Waals surface area contributed by atoms with E-state index in [1.165, 1.54) is 10.4 Å². The first kappa shape index (κ1) is 19.8. The standard InChI is InChI=1S/C22H29NO3Si/c1-22(2,3)27(18-11-7-5-8-12-18,19-13-9-6-10-14-19)26-17-15-20(21(24)25)23(4)16-17/h5-14,17,20H,15-16H2,1-4H3,(H,24,25). The van der Waals surface area contributed by atoms with Crippen molar-refractivity contribution in [1.82, 2.24) is 4.90 Å². The minimum absolute atomic E-state index is 0.0950. The molecular formula is C22H29NO3Si. The molecule has 2 aromatic carbocycles. The first-order valence-corrected chi connectivity index (χ1v) is 11.4. The van der Waals surface area contributed by atoms with E-state index in [1.807, 2.05) is 24.1 Å². The van der Waals surface area contributed by atoms with Crippen molar-refractivity contribution < 1.29 is 14.3 Å². The Bertz CT molecular complexity index is 734. The minimum Gasteiger partial charge on any atom is -0.480 e. The zero-order chi connectivity index (χ0) is 19.7. The summed E-state index contributed by atoms with van der Waals surface area (Å²) in [7, 11) is -0.759. The van der Waals surface area contributed by atoms with Gasteiger partial charge in [-0.3, -0.25) is 9.69 Å². The van der Waals surface area contributed by atoms with E-state index < -0.39 is 20.3 Å². The zero-order valence-corrected chi connectivity index (χ0v) is 17.6. The molecule has 2 unspecified atom stereocenters. The third kappa shape index (κ3) is 3.72. The molecule has 1 fully saturated rings. The Balaban J connectivity index is 2.09. The van der Waals surface area contributed by atoms with Crippen LogP contribution in [0.25, 0.3) is 0 Å². The fourth-order valence-corrected chi connectivity index (χ4v) is 8.95. The normalized spacial score (nSPS) is 21.3. The second kappa shape index (κ2) is 7.58. The van der Waals surface area contributed by atoms with Crippen LogP contribution in [0.4, 0.5) is 0 Å². The van der Waals surface area contributed by atoms with Crippen LogP contribution in [0.5, 0.6) is 0 Å². The summed E-state index contributed by atoms with van der Waals surface area (Å²) in [6, 6.07) is 20.5. The van der Waals surface area contributed by atoms with Crippen LogP contribution in [-0.2, 0) is 9.22 Å². The Morgan fingerprint density at radius 1 is 1.04 bits per heavy atom. The molecule has 0 radical (unpaired) electrons. The van der Waals surface area contributed by atoms with Crippen molar-refractivity contribution >= 4 is 24.7 Å². The highest BCUT2D eigenvalue weighted by atomic mass is 28.4. The van der Waals surface area contributed by atoms with Crippen LogP contribution < -0.4 is 10.4 Å². The summed E-state index contributed by atoms with van der Waals surface area (Å²) >= 11 is 0. The number of hydrogen-bond donors (Lipinski definition) is 1. The maximum Gasteiger partial charge on any atom is 0.321 e. The van der Waals surface area contributed by atoms with Gasteiger partial charge in [0.15, 0.2) is 0 Å². The third-order valence-corrected chi connectivity index (χ3v) is 10.6. The lowest BCUT2D eigenvalue weighted by atomic mass is 10.2. The Labute approximate surface area is 162 Å².